The van der Waals surface area contributed by atoms with E-state index >= 15 is 0 Å². The molecule has 0 bridgehead atoms. The molecular formula is C19H25N5O2. The van der Waals surface area contributed by atoms with Gasteiger partial charge >= 0.3 is 0 Å². The van der Waals surface area contributed by atoms with Crippen molar-refractivity contribution in [3.63, 3.8) is 0 Å². The molecule has 0 radical (unpaired) electrons. The Morgan fingerprint density at radius 2 is 1.69 bits per heavy atom. The van der Waals surface area contributed by atoms with Crippen molar-refractivity contribution in [3.8, 4) is 0 Å². The fraction of sp³-hybridized carbons (Fsp3) is 0.526. The van der Waals surface area contributed by atoms with Gasteiger partial charge in [0, 0.05) is 45.5 Å². The lowest BCUT2D eigenvalue weighted by Crippen LogP contribution is -2.49. The predicted molar refractivity (Wildman–Crippen MR) is 99.5 cm³/mol. The summed E-state index contributed by atoms with van der Waals surface area (Å²) in [7, 11) is 0. The van der Waals surface area contributed by atoms with Gasteiger partial charge in [-0.2, -0.15) is 4.98 Å². The van der Waals surface area contributed by atoms with Crippen molar-refractivity contribution in [3.05, 3.63) is 36.4 Å². The van der Waals surface area contributed by atoms with Gasteiger partial charge in [0.05, 0.1) is 6.26 Å². The zero-order valence-electron chi connectivity index (χ0n) is 15.0. The van der Waals surface area contributed by atoms with Crippen molar-refractivity contribution in [2.24, 2.45) is 0 Å². The molecule has 0 atom stereocenters. The average Bonchev–Trinajstić information content (AvgIpc) is 3.10. The molecule has 2 aromatic heterocycles. The number of amides is 1. The minimum Gasteiger partial charge on any atom is -0.459 e. The van der Waals surface area contributed by atoms with Crippen LogP contribution in [-0.2, 0) is 0 Å². The average molecular weight is 355 g/mol. The molecule has 4 heterocycles. The highest BCUT2D eigenvalue weighted by Crippen LogP contribution is 2.20. The fourth-order valence-corrected chi connectivity index (χ4v) is 3.63. The second-order valence-electron chi connectivity index (χ2n) is 6.87. The van der Waals surface area contributed by atoms with E-state index in [1.807, 2.05) is 17.2 Å². The van der Waals surface area contributed by atoms with Crippen molar-refractivity contribution in [1.82, 2.24) is 14.9 Å². The number of aromatic nitrogens is 2. The monoisotopic (exact) mass is 355 g/mol. The van der Waals surface area contributed by atoms with Crippen LogP contribution in [-0.4, -0.2) is 60.0 Å². The van der Waals surface area contributed by atoms with Crippen LogP contribution in [0.2, 0.25) is 0 Å². The van der Waals surface area contributed by atoms with Gasteiger partial charge in [0.1, 0.15) is 5.82 Å². The van der Waals surface area contributed by atoms with E-state index in [-0.39, 0.29) is 5.91 Å². The Kier molecular flexibility index (Phi) is 5.04. The van der Waals surface area contributed by atoms with E-state index in [4.69, 9.17) is 9.40 Å². The highest BCUT2D eigenvalue weighted by Gasteiger charge is 2.24. The van der Waals surface area contributed by atoms with E-state index in [0.29, 0.717) is 18.8 Å². The lowest BCUT2D eigenvalue weighted by molar-refractivity contribution is 0.0714. The number of piperazine rings is 1. The first-order valence-corrected chi connectivity index (χ1v) is 9.47. The molecule has 0 saturated carbocycles. The van der Waals surface area contributed by atoms with Gasteiger partial charge in [0.25, 0.3) is 5.91 Å². The molecule has 138 valence electrons. The third-order valence-corrected chi connectivity index (χ3v) is 5.14. The Bertz CT molecular complexity index is 717. The minimum atomic E-state index is -0.0393. The highest BCUT2D eigenvalue weighted by molar-refractivity contribution is 5.91. The first kappa shape index (κ1) is 16.9. The van der Waals surface area contributed by atoms with Crippen molar-refractivity contribution >= 4 is 17.7 Å². The van der Waals surface area contributed by atoms with E-state index in [9.17, 15) is 4.79 Å². The Hall–Kier alpha value is -2.57. The second-order valence-corrected chi connectivity index (χ2v) is 6.87. The zero-order chi connectivity index (χ0) is 17.8. The zero-order valence-corrected chi connectivity index (χ0v) is 15.0. The minimum absolute atomic E-state index is 0.0393. The molecule has 2 aliphatic heterocycles. The van der Waals surface area contributed by atoms with Crippen molar-refractivity contribution in [1.29, 1.82) is 0 Å². The molecule has 7 heteroatoms. The smallest absolute Gasteiger partial charge is 0.289 e. The molecule has 2 aromatic rings. The molecule has 1 amide bonds. The highest BCUT2D eigenvalue weighted by atomic mass is 16.3. The van der Waals surface area contributed by atoms with E-state index in [1.54, 1.807) is 12.1 Å². The molecule has 2 fully saturated rings. The summed E-state index contributed by atoms with van der Waals surface area (Å²) in [5.74, 6) is 2.15. The number of carbonyl (C=O) groups is 1. The molecule has 26 heavy (non-hydrogen) atoms. The predicted octanol–water partition coefficient (Wildman–Crippen LogP) is 2.41. The summed E-state index contributed by atoms with van der Waals surface area (Å²) in [6, 6.07) is 5.42. The Morgan fingerprint density at radius 1 is 0.923 bits per heavy atom. The van der Waals surface area contributed by atoms with Gasteiger partial charge in [-0.1, -0.05) is 12.8 Å². The van der Waals surface area contributed by atoms with Crippen LogP contribution < -0.4 is 9.80 Å². The molecule has 0 spiro atoms. The SMILES string of the molecule is O=C(c1ccco1)N1CCN(c2ccnc(N3CCCCCC3)n2)CC1. The third kappa shape index (κ3) is 3.66. The fourth-order valence-electron chi connectivity index (χ4n) is 3.63. The van der Waals surface area contributed by atoms with E-state index in [2.05, 4.69) is 14.8 Å². The summed E-state index contributed by atoms with van der Waals surface area (Å²) in [4.78, 5) is 28.0. The molecule has 0 N–H and O–H groups in total. The van der Waals surface area contributed by atoms with E-state index < -0.39 is 0 Å². The second kappa shape index (κ2) is 7.76. The van der Waals surface area contributed by atoms with E-state index in [0.717, 1.165) is 37.9 Å². The summed E-state index contributed by atoms with van der Waals surface area (Å²) in [5.41, 5.74) is 0. The Labute approximate surface area is 153 Å². The normalized spacial score (nSPS) is 18.7. The van der Waals surface area contributed by atoms with Crippen LogP contribution in [0.5, 0.6) is 0 Å². The number of carbonyl (C=O) groups excluding carboxylic acids is 1. The standard InChI is InChI=1S/C19H25N5O2/c25-18(16-6-5-15-26-16)23-13-11-22(12-14-23)17-7-8-20-19(21-17)24-9-3-1-2-4-10-24/h5-8,15H,1-4,9-14H2. The van der Waals surface area contributed by atoms with Crippen LogP contribution in [0.15, 0.2) is 35.1 Å². The van der Waals surface area contributed by atoms with Crippen LogP contribution in [0.25, 0.3) is 0 Å². The maximum atomic E-state index is 12.4. The lowest BCUT2D eigenvalue weighted by Gasteiger charge is -2.35. The van der Waals surface area contributed by atoms with Gasteiger partial charge < -0.3 is 19.1 Å². The third-order valence-electron chi connectivity index (χ3n) is 5.14. The molecule has 0 unspecified atom stereocenters. The number of hydrogen-bond acceptors (Lipinski definition) is 6. The quantitative estimate of drug-likeness (QED) is 0.842. The van der Waals surface area contributed by atoms with Gasteiger partial charge in [0.2, 0.25) is 5.95 Å². The van der Waals surface area contributed by atoms with Crippen molar-refractivity contribution < 1.29 is 9.21 Å². The summed E-state index contributed by atoms with van der Waals surface area (Å²) in [6.07, 6.45) is 8.39. The van der Waals surface area contributed by atoms with Crippen LogP contribution in [0.3, 0.4) is 0 Å². The summed E-state index contributed by atoms with van der Waals surface area (Å²) >= 11 is 0. The van der Waals surface area contributed by atoms with Crippen LogP contribution in [0.1, 0.15) is 36.2 Å². The molecule has 0 aliphatic carbocycles. The topological polar surface area (TPSA) is 65.7 Å². The van der Waals surface area contributed by atoms with Crippen LogP contribution >= 0.6 is 0 Å². The summed E-state index contributed by atoms with van der Waals surface area (Å²) in [6.45, 7) is 4.95. The first-order valence-electron chi connectivity index (χ1n) is 9.47. The summed E-state index contributed by atoms with van der Waals surface area (Å²) < 4.78 is 5.22. The Morgan fingerprint density at radius 3 is 2.38 bits per heavy atom. The largest absolute Gasteiger partial charge is 0.459 e. The van der Waals surface area contributed by atoms with Crippen LogP contribution in [0.4, 0.5) is 11.8 Å². The molecule has 4 rings (SSSR count). The first-order chi connectivity index (χ1) is 12.8. The van der Waals surface area contributed by atoms with Crippen LogP contribution in [0, 0.1) is 0 Å². The molecule has 7 nitrogen and oxygen atoms in total. The summed E-state index contributed by atoms with van der Waals surface area (Å²) in [5, 5.41) is 0. The molecule has 2 saturated heterocycles. The number of hydrogen-bond donors (Lipinski definition) is 0. The number of nitrogens with zero attached hydrogens (tertiary/aromatic N) is 5. The number of anilines is 2. The van der Waals surface area contributed by atoms with Crippen molar-refractivity contribution in [2.75, 3.05) is 49.1 Å². The van der Waals surface area contributed by atoms with Gasteiger partial charge in [0.15, 0.2) is 5.76 Å². The maximum Gasteiger partial charge on any atom is 0.289 e. The number of furan rings is 1. The lowest BCUT2D eigenvalue weighted by atomic mass is 10.2. The Balaban J connectivity index is 1.40. The van der Waals surface area contributed by atoms with E-state index in [1.165, 1.54) is 31.9 Å². The maximum absolute atomic E-state index is 12.4. The van der Waals surface area contributed by atoms with Gasteiger partial charge in [-0.15, -0.1) is 0 Å². The van der Waals surface area contributed by atoms with Gasteiger partial charge in [-0.3, -0.25) is 4.79 Å². The number of rotatable bonds is 3. The molecule has 2 aliphatic rings. The van der Waals surface area contributed by atoms with Gasteiger partial charge in [-0.05, 0) is 31.0 Å². The molecular weight excluding hydrogens is 330 g/mol. The van der Waals surface area contributed by atoms with Crippen molar-refractivity contribution in [2.45, 2.75) is 25.7 Å². The molecule has 0 aromatic carbocycles. The van der Waals surface area contributed by atoms with Gasteiger partial charge in [-0.25, -0.2) is 4.98 Å².